The summed E-state index contributed by atoms with van der Waals surface area (Å²) in [5.74, 6) is -0.881. The van der Waals surface area contributed by atoms with Gasteiger partial charge < -0.3 is 19.9 Å². The molecule has 1 aliphatic heterocycles. The lowest BCUT2D eigenvalue weighted by atomic mass is 10.1. The number of carbonyl (C=O) groups excluding carboxylic acids is 3. The number of hydrogen-bond donors (Lipinski definition) is 2. The number of hydrogen-bond acceptors (Lipinski definition) is 7. The van der Waals surface area contributed by atoms with E-state index < -0.39 is 23.6 Å². The third-order valence-electron chi connectivity index (χ3n) is 4.63. The van der Waals surface area contributed by atoms with Crippen LogP contribution in [0.3, 0.4) is 0 Å². The number of amides is 3. The molecular weight excluding hydrogens is 420 g/mol. The van der Waals surface area contributed by atoms with E-state index in [1.54, 1.807) is 6.07 Å². The monoisotopic (exact) mass is 442 g/mol. The first kappa shape index (κ1) is 22.2. The van der Waals surface area contributed by atoms with Crippen LogP contribution >= 0.6 is 11.8 Å². The van der Waals surface area contributed by atoms with E-state index in [0.717, 1.165) is 27.8 Å². The SMILES string of the molecule is COc1cc(/C=C2/SC(=O)N(CC(=O)Nc3ccc(C)cc3C)C2=O)cc(OC)c1O. The van der Waals surface area contributed by atoms with E-state index in [0.29, 0.717) is 11.3 Å². The number of ether oxygens (including phenoxy) is 2. The van der Waals surface area contributed by atoms with Gasteiger partial charge in [0.2, 0.25) is 11.7 Å². The third-order valence-corrected chi connectivity index (χ3v) is 5.54. The molecular formula is C22H22N2O6S. The highest BCUT2D eigenvalue weighted by Crippen LogP contribution is 2.39. The normalized spacial score (nSPS) is 14.8. The highest BCUT2D eigenvalue weighted by Gasteiger charge is 2.36. The van der Waals surface area contributed by atoms with E-state index in [2.05, 4.69) is 5.32 Å². The van der Waals surface area contributed by atoms with Crippen LogP contribution in [0.5, 0.6) is 17.2 Å². The zero-order chi connectivity index (χ0) is 22.7. The molecule has 0 aromatic heterocycles. The van der Waals surface area contributed by atoms with E-state index in [1.165, 1.54) is 32.4 Å². The Bertz CT molecular complexity index is 1070. The van der Waals surface area contributed by atoms with Gasteiger partial charge in [0.1, 0.15) is 6.54 Å². The second kappa shape index (κ2) is 9.13. The van der Waals surface area contributed by atoms with Gasteiger partial charge in [0.05, 0.1) is 19.1 Å². The standard InChI is InChI=1S/C22H22N2O6S/c1-12-5-6-15(13(2)7-12)23-19(25)11-24-21(27)18(31-22(24)28)10-14-8-16(29-3)20(26)17(9-14)30-4/h5-10,26H,11H2,1-4H3,(H,23,25)/b18-10+. The van der Waals surface area contributed by atoms with Gasteiger partial charge in [-0.05, 0) is 61.0 Å². The van der Waals surface area contributed by atoms with E-state index in [1.807, 2.05) is 26.0 Å². The van der Waals surface area contributed by atoms with E-state index in [-0.39, 0.29) is 22.2 Å². The van der Waals surface area contributed by atoms with Crippen LogP contribution in [-0.4, -0.2) is 47.8 Å². The van der Waals surface area contributed by atoms with Crippen molar-refractivity contribution in [3.8, 4) is 17.2 Å². The summed E-state index contributed by atoms with van der Waals surface area (Å²) in [6, 6.07) is 8.60. The van der Waals surface area contributed by atoms with Crippen LogP contribution in [0.25, 0.3) is 6.08 Å². The molecule has 2 aromatic carbocycles. The molecule has 0 saturated carbocycles. The predicted molar refractivity (Wildman–Crippen MR) is 118 cm³/mol. The number of phenolic OH excluding ortho intramolecular Hbond substituents is 1. The molecule has 0 bridgehead atoms. The van der Waals surface area contributed by atoms with Gasteiger partial charge in [0.25, 0.3) is 11.1 Å². The van der Waals surface area contributed by atoms with Crippen molar-refractivity contribution in [3.05, 3.63) is 51.9 Å². The van der Waals surface area contributed by atoms with Crippen molar-refractivity contribution in [2.45, 2.75) is 13.8 Å². The molecule has 0 spiro atoms. The Morgan fingerprint density at radius 1 is 1.13 bits per heavy atom. The minimum Gasteiger partial charge on any atom is -0.502 e. The lowest BCUT2D eigenvalue weighted by Crippen LogP contribution is -2.36. The molecule has 31 heavy (non-hydrogen) atoms. The summed E-state index contributed by atoms with van der Waals surface area (Å²) < 4.78 is 10.2. The molecule has 0 aliphatic carbocycles. The number of carbonyl (C=O) groups is 3. The number of methoxy groups -OCH3 is 2. The van der Waals surface area contributed by atoms with Crippen LogP contribution in [0.15, 0.2) is 35.2 Å². The molecule has 0 radical (unpaired) electrons. The number of imide groups is 1. The summed E-state index contributed by atoms with van der Waals surface area (Å²) >= 11 is 0.736. The van der Waals surface area contributed by atoms with E-state index in [9.17, 15) is 19.5 Å². The summed E-state index contributed by atoms with van der Waals surface area (Å²) in [5, 5.41) is 12.2. The van der Waals surface area contributed by atoms with Crippen molar-refractivity contribution in [1.82, 2.24) is 4.90 Å². The van der Waals surface area contributed by atoms with Crippen molar-refractivity contribution >= 4 is 40.6 Å². The smallest absolute Gasteiger partial charge is 0.294 e. The number of phenols is 1. The molecule has 1 aliphatic rings. The average molecular weight is 442 g/mol. The van der Waals surface area contributed by atoms with Gasteiger partial charge in [0, 0.05) is 5.69 Å². The van der Waals surface area contributed by atoms with Crippen molar-refractivity contribution in [3.63, 3.8) is 0 Å². The summed E-state index contributed by atoms with van der Waals surface area (Å²) in [4.78, 5) is 38.5. The molecule has 162 valence electrons. The summed E-state index contributed by atoms with van der Waals surface area (Å²) in [6.45, 7) is 3.42. The van der Waals surface area contributed by atoms with Crippen LogP contribution in [0.4, 0.5) is 10.5 Å². The first-order valence-corrected chi connectivity index (χ1v) is 10.1. The highest BCUT2D eigenvalue weighted by molar-refractivity contribution is 8.18. The van der Waals surface area contributed by atoms with Gasteiger partial charge in [-0.2, -0.15) is 0 Å². The van der Waals surface area contributed by atoms with Crippen LogP contribution in [0.2, 0.25) is 0 Å². The first-order chi connectivity index (χ1) is 14.7. The maximum atomic E-state index is 12.7. The number of anilines is 1. The van der Waals surface area contributed by atoms with Gasteiger partial charge in [-0.15, -0.1) is 0 Å². The van der Waals surface area contributed by atoms with Gasteiger partial charge in [-0.1, -0.05) is 17.7 Å². The lowest BCUT2D eigenvalue weighted by molar-refractivity contribution is -0.127. The van der Waals surface area contributed by atoms with E-state index in [4.69, 9.17) is 9.47 Å². The van der Waals surface area contributed by atoms with Gasteiger partial charge in [-0.3, -0.25) is 19.3 Å². The number of benzene rings is 2. The second-order valence-corrected chi connectivity index (χ2v) is 7.90. The number of nitrogens with one attached hydrogen (secondary N) is 1. The van der Waals surface area contributed by atoms with Crippen molar-refractivity contribution in [1.29, 1.82) is 0 Å². The number of rotatable bonds is 6. The lowest BCUT2D eigenvalue weighted by Gasteiger charge is -2.14. The highest BCUT2D eigenvalue weighted by atomic mass is 32.2. The Morgan fingerprint density at radius 3 is 2.35 bits per heavy atom. The average Bonchev–Trinajstić information content (AvgIpc) is 2.98. The van der Waals surface area contributed by atoms with Crippen molar-refractivity contribution < 1.29 is 29.0 Å². The Labute approximate surface area is 183 Å². The van der Waals surface area contributed by atoms with Crippen LogP contribution in [0.1, 0.15) is 16.7 Å². The molecule has 9 heteroatoms. The number of nitrogens with zero attached hydrogens (tertiary/aromatic N) is 1. The molecule has 3 rings (SSSR count). The predicted octanol–water partition coefficient (Wildman–Crippen LogP) is 3.70. The fraction of sp³-hybridized carbons (Fsp3) is 0.227. The zero-order valence-corrected chi connectivity index (χ0v) is 18.3. The van der Waals surface area contributed by atoms with E-state index >= 15 is 0 Å². The molecule has 1 fully saturated rings. The minimum atomic E-state index is -0.572. The largest absolute Gasteiger partial charge is 0.502 e. The summed E-state index contributed by atoms with van der Waals surface area (Å²) in [6.07, 6.45) is 1.48. The van der Waals surface area contributed by atoms with Gasteiger partial charge in [0.15, 0.2) is 11.5 Å². The number of thioether (sulfide) groups is 1. The fourth-order valence-corrected chi connectivity index (χ4v) is 3.91. The summed E-state index contributed by atoms with van der Waals surface area (Å²) in [7, 11) is 2.78. The Morgan fingerprint density at radius 2 is 1.77 bits per heavy atom. The molecule has 0 atom stereocenters. The number of aryl methyl sites for hydroxylation is 2. The third kappa shape index (κ3) is 4.83. The quantitative estimate of drug-likeness (QED) is 0.657. The molecule has 2 aromatic rings. The molecule has 0 unspecified atom stereocenters. The Kier molecular flexibility index (Phi) is 6.55. The van der Waals surface area contributed by atoms with Crippen LogP contribution in [0, 0.1) is 13.8 Å². The topological polar surface area (TPSA) is 105 Å². The Balaban J connectivity index is 1.77. The maximum Gasteiger partial charge on any atom is 0.294 e. The fourth-order valence-electron chi connectivity index (χ4n) is 3.07. The van der Waals surface area contributed by atoms with Crippen LogP contribution < -0.4 is 14.8 Å². The summed E-state index contributed by atoms with van der Waals surface area (Å²) in [5.41, 5.74) is 3.07. The molecule has 8 nitrogen and oxygen atoms in total. The van der Waals surface area contributed by atoms with Crippen LogP contribution in [-0.2, 0) is 9.59 Å². The zero-order valence-electron chi connectivity index (χ0n) is 17.5. The molecule has 2 N–H and O–H groups in total. The Hall–Kier alpha value is -3.46. The minimum absolute atomic E-state index is 0.152. The maximum absolute atomic E-state index is 12.7. The second-order valence-electron chi connectivity index (χ2n) is 6.91. The van der Waals surface area contributed by atoms with Gasteiger partial charge >= 0.3 is 0 Å². The van der Waals surface area contributed by atoms with Crippen molar-refractivity contribution in [2.24, 2.45) is 0 Å². The number of aromatic hydroxyl groups is 1. The van der Waals surface area contributed by atoms with Crippen molar-refractivity contribution in [2.75, 3.05) is 26.1 Å². The first-order valence-electron chi connectivity index (χ1n) is 9.31. The molecule has 1 heterocycles. The van der Waals surface area contributed by atoms with Gasteiger partial charge in [-0.25, -0.2) is 0 Å². The molecule has 3 amide bonds. The molecule has 1 saturated heterocycles.